The first-order valence-electron chi connectivity index (χ1n) is 7.36. The van der Waals surface area contributed by atoms with Crippen LogP contribution >= 0.6 is 0 Å². The van der Waals surface area contributed by atoms with E-state index < -0.39 is 0 Å². The number of carbonyl (C=O) groups excluding carboxylic acids is 2. The van der Waals surface area contributed by atoms with Crippen LogP contribution in [-0.2, 0) is 9.59 Å². The highest BCUT2D eigenvalue weighted by atomic mass is 16.2. The zero-order chi connectivity index (χ0) is 13.8. The molecule has 2 heterocycles. The summed E-state index contributed by atoms with van der Waals surface area (Å²) in [5.41, 5.74) is 0. The van der Waals surface area contributed by atoms with Crippen LogP contribution in [0.5, 0.6) is 0 Å². The third-order valence-electron chi connectivity index (χ3n) is 4.12. The number of amides is 2. The van der Waals surface area contributed by atoms with Gasteiger partial charge in [0.15, 0.2) is 0 Å². The number of carbonyl (C=O) groups is 2. The fraction of sp³-hybridized carbons (Fsp3) is 0.857. The molecule has 2 amide bonds. The second-order valence-electron chi connectivity index (χ2n) is 5.78. The van der Waals surface area contributed by atoms with Crippen molar-refractivity contribution in [2.45, 2.75) is 50.6 Å². The van der Waals surface area contributed by atoms with Gasteiger partial charge >= 0.3 is 0 Å². The maximum Gasteiger partial charge on any atom is 0.244 e. The second kappa shape index (κ2) is 6.37. The van der Waals surface area contributed by atoms with E-state index in [0.29, 0.717) is 0 Å². The number of hydrogen-bond acceptors (Lipinski definition) is 3. The van der Waals surface area contributed by atoms with Crippen molar-refractivity contribution in [3.8, 4) is 0 Å². The molecule has 0 aliphatic carbocycles. The van der Waals surface area contributed by atoms with Crippen LogP contribution < -0.4 is 5.32 Å². The van der Waals surface area contributed by atoms with E-state index in [0.717, 1.165) is 45.2 Å². The molecule has 0 spiro atoms. The van der Waals surface area contributed by atoms with Crippen LogP contribution in [-0.4, -0.2) is 60.9 Å². The first-order chi connectivity index (χ1) is 9.11. The van der Waals surface area contributed by atoms with Crippen molar-refractivity contribution in [1.29, 1.82) is 0 Å². The predicted molar refractivity (Wildman–Crippen MR) is 73.7 cm³/mol. The zero-order valence-corrected chi connectivity index (χ0v) is 12.0. The molecule has 2 fully saturated rings. The van der Waals surface area contributed by atoms with Gasteiger partial charge in [0.05, 0.1) is 6.04 Å². The lowest BCUT2D eigenvalue weighted by atomic mass is 10.1. The summed E-state index contributed by atoms with van der Waals surface area (Å²) >= 11 is 0. The van der Waals surface area contributed by atoms with E-state index in [1.165, 1.54) is 6.42 Å². The first-order valence-corrected chi connectivity index (χ1v) is 7.36. The summed E-state index contributed by atoms with van der Waals surface area (Å²) in [6.45, 7) is 1.64. The summed E-state index contributed by atoms with van der Waals surface area (Å²) in [6.07, 6.45) is 6.07. The molecule has 108 valence electrons. The number of nitrogens with zero attached hydrogens (tertiary/aromatic N) is 2. The van der Waals surface area contributed by atoms with Crippen LogP contribution in [0.25, 0.3) is 0 Å². The largest absolute Gasteiger partial charge is 0.347 e. The molecule has 2 aliphatic rings. The van der Waals surface area contributed by atoms with Gasteiger partial charge in [-0.15, -0.1) is 0 Å². The lowest BCUT2D eigenvalue weighted by Gasteiger charge is -2.29. The van der Waals surface area contributed by atoms with E-state index in [9.17, 15) is 9.59 Å². The van der Waals surface area contributed by atoms with Gasteiger partial charge in [-0.2, -0.15) is 0 Å². The first kappa shape index (κ1) is 14.3. The summed E-state index contributed by atoms with van der Waals surface area (Å²) in [5.74, 6) is 0.180. The van der Waals surface area contributed by atoms with E-state index >= 15 is 0 Å². The third kappa shape index (κ3) is 3.26. The normalized spacial score (nSPS) is 28.0. The standard InChI is InChI=1S/C14H25N3O2/c1-16(2)14(19)12-8-6-10-17(12)13(18)11-7-4-3-5-9-15-11/h11-12,15H,3-10H2,1-2H3. The van der Waals surface area contributed by atoms with Gasteiger partial charge in [-0.3, -0.25) is 9.59 Å². The topological polar surface area (TPSA) is 52.7 Å². The van der Waals surface area contributed by atoms with Gasteiger partial charge in [0.1, 0.15) is 6.04 Å². The second-order valence-corrected chi connectivity index (χ2v) is 5.78. The van der Waals surface area contributed by atoms with E-state index in [1.807, 2.05) is 0 Å². The number of likely N-dealkylation sites (N-methyl/N-ethyl adjacent to an activating group) is 1. The monoisotopic (exact) mass is 267 g/mol. The van der Waals surface area contributed by atoms with Crippen molar-refractivity contribution in [2.75, 3.05) is 27.2 Å². The Balaban J connectivity index is 2.02. The molecule has 5 nitrogen and oxygen atoms in total. The Hall–Kier alpha value is -1.10. The van der Waals surface area contributed by atoms with Crippen LogP contribution in [0, 0.1) is 0 Å². The smallest absolute Gasteiger partial charge is 0.244 e. The lowest BCUT2D eigenvalue weighted by molar-refractivity contribution is -0.143. The molecular weight excluding hydrogens is 242 g/mol. The summed E-state index contributed by atoms with van der Waals surface area (Å²) < 4.78 is 0. The Kier molecular flexibility index (Phi) is 4.80. The molecule has 0 aromatic heterocycles. The molecule has 0 bridgehead atoms. The van der Waals surface area contributed by atoms with Crippen LogP contribution in [0.3, 0.4) is 0 Å². The molecule has 19 heavy (non-hydrogen) atoms. The Morgan fingerprint density at radius 2 is 1.89 bits per heavy atom. The molecule has 2 aliphatic heterocycles. The quantitative estimate of drug-likeness (QED) is 0.797. The minimum atomic E-state index is -0.243. The van der Waals surface area contributed by atoms with Crippen LogP contribution in [0.2, 0.25) is 0 Å². The average molecular weight is 267 g/mol. The fourth-order valence-corrected chi connectivity index (χ4v) is 3.02. The highest BCUT2D eigenvalue weighted by Crippen LogP contribution is 2.21. The molecule has 0 aromatic rings. The molecule has 1 N–H and O–H groups in total. The van der Waals surface area contributed by atoms with Gasteiger partial charge in [0.2, 0.25) is 11.8 Å². The number of rotatable bonds is 2. The predicted octanol–water partition coefficient (Wildman–Crippen LogP) is 0.598. The SMILES string of the molecule is CN(C)C(=O)C1CCCN1C(=O)C1CCCCCN1. The van der Waals surface area contributed by atoms with Gasteiger partial charge in [-0.25, -0.2) is 0 Å². The highest BCUT2D eigenvalue weighted by Gasteiger charge is 2.37. The molecule has 5 heteroatoms. The Morgan fingerprint density at radius 1 is 1.11 bits per heavy atom. The molecule has 0 radical (unpaired) electrons. The van der Waals surface area contributed by atoms with E-state index in [-0.39, 0.29) is 23.9 Å². The zero-order valence-electron chi connectivity index (χ0n) is 12.0. The molecule has 2 saturated heterocycles. The van der Waals surface area contributed by atoms with Gasteiger partial charge in [-0.05, 0) is 32.2 Å². The van der Waals surface area contributed by atoms with Gasteiger partial charge in [-0.1, -0.05) is 12.8 Å². The van der Waals surface area contributed by atoms with Crippen molar-refractivity contribution >= 4 is 11.8 Å². The van der Waals surface area contributed by atoms with Crippen molar-refractivity contribution in [1.82, 2.24) is 15.1 Å². The molecule has 2 atom stereocenters. The average Bonchev–Trinajstić information content (AvgIpc) is 2.71. The summed E-state index contributed by atoms with van der Waals surface area (Å²) in [5, 5.41) is 3.33. The van der Waals surface area contributed by atoms with Crippen molar-refractivity contribution in [3.63, 3.8) is 0 Å². The van der Waals surface area contributed by atoms with Crippen molar-refractivity contribution in [2.24, 2.45) is 0 Å². The molecule has 0 aromatic carbocycles. The molecule has 2 unspecified atom stereocenters. The van der Waals surface area contributed by atoms with Gasteiger partial charge in [0.25, 0.3) is 0 Å². The number of likely N-dealkylation sites (tertiary alicyclic amines) is 1. The Labute approximate surface area is 115 Å². The Morgan fingerprint density at radius 3 is 2.63 bits per heavy atom. The maximum atomic E-state index is 12.6. The summed E-state index contributed by atoms with van der Waals surface area (Å²) in [4.78, 5) is 28.1. The van der Waals surface area contributed by atoms with Crippen LogP contribution in [0.15, 0.2) is 0 Å². The summed E-state index contributed by atoms with van der Waals surface area (Å²) in [6, 6.07) is -0.328. The van der Waals surface area contributed by atoms with Crippen molar-refractivity contribution < 1.29 is 9.59 Å². The summed E-state index contributed by atoms with van der Waals surface area (Å²) in [7, 11) is 3.51. The molecule has 2 rings (SSSR count). The van der Waals surface area contributed by atoms with E-state index in [1.54, 1.807) is 23.9 Å². The minimum absolute atomic E-state index is 0.0551. The Bertz CT molecular complexity index is 336. The fourth-order valence-electron chi connectivity index (χ4n) is 3.02. The maximum absolute atomic E-state index is 12.6. The van der Waals surface area contributed by atoms with Gasteiger partial charge < -0.3 is 15.1 Å². The van der Waals surface area contributed by atoms with Gasteiger partial charge in [0, 0.05) is 20.6 Å². The van der Waals surface area contributed by atoms with Crippen LogP contribution in [0.4, 0.5) is 0 Å². The minimum Gasteiger partial charge on any atom is -0.347 e. The van der Waals surface area contributed by atoms with E-state index in [4.69, 9.17) is 0 Å². The van der Waals surface area contributed by atoms with E-state index in [2.05, 4.69) is 5.32 Å². The molecule has 0 saturated carbocycles. The molecular formula is C14H25N3O2. The van der Waals surface area contributed by atoms with Crippen LogP contribution in [0.1, 0.15) is 38.5 Å². The number of nitrogens with one attached hydrogen (secondary N) is 1. The number of hydrogen-bond donors (Lipinski definition) is 1. The highest BCUT2D eigenvalue weighted by molar-refractivity contribution is 5.90. The third-order valence-corrected chi connectivity index (χ3v) is 4.12. The van der Waals surface area contributed by atoms with Crippen molar-refractivity contribution in [3.05, 3.63) is 0 Å². The lowest BCUT2D eigenvalue weighted by Crippen LogP contribution is -2.52.